The average Bonchev–Trinajstić information content (AvgIpc) is 2.71. The fourth-order valence-electron chi connectivity index (χ4n) is 2.33. The first-order valence-corrected chi connectivity index (χ1v) is 10.8. The first-order valence-electron chi connectivity index (χ1n) is 9.42. The third kappa shape index (κ3) is 11.5. The van der Waals surface area contributed by atoms with Gasteiger partial charge in [0.25, 0.3) is 0 Å². The quantitative estimate of drug-likeness (QED) is 0.107. The van der Waals surface area contributed by atoms with Crippen molar-refractivity contribution >= 4 is 47.3 Å². The van der Waals surface area contributed by atoms with Crippen LogP contribution in [0.5, 0.6) is 0 Å². The predicted molar refractivity (Wildman–Crippen MR) is 112 cm³/mol. The number of aliphatic hydroxyl groups is 1. The van der Waals surface area contributed by atoms with Crippen LogP contribution in [0.25, 0.3) is 0 Å². The number of amides is 4. The van der Waals surface area contributed by atoms with E-state index in [1.807, 2.05) is 0 Å². The number of primary amides is 1. The highest BCUT2D eigenvalue weighted by Crippen LogP contribution is 2.04. The number of aliphatic hydroxyl groups excluding tert-OH is 1. The van der Waals surface area contributed by atoms with Crippen molar-refractivity contribution in [3.63, 3.8) is 0 Å². The Morgan fingerprint density at radius 3 is 1.88 bits per heavy atom. The zero-order valence-corrected chi connectivity index (χ0v) is 18.2. The fraction of sp³-hybridized carbons (Fsp3) is 0.647. The summed E-state index contributed by atoms with van der Waals surface area (Å²) in [7, 11) is 0. The Morgan fingerprint density at radius 1 is 0.875 bits per heavy atom. The number of carboxylic acid groups (broad SMARTS) is 2. The summed E-state index contributed by atoms with van der Waals surface area (Å²) in [5, 5.41) is 33.3. The third-order valence-electron chi connectivity index (χ3n) is 4.09. The highest BCUT2D eigenvalue weighted by molar-refractivity contribution is 7.98. The summed E-state index contributed by atoms with van der Waals surface area (Å²) < 4.78 is 0. The summed E-state index contributed by atoms with van der Waals surface area (Å²) in [6.07, 6.45) is 0.565. The first-order chi connectivity index (χ1) is 14.9. The highest BCUT2D eigenvalue weighted by Gasteiger charge is 2.30. The van der Waals surface area contributed by atoms with E-state index < -0.39 is 79.2 Å². The molecule has 0 bridgehead atoms. The number of aliphatic carboxylic acids is 2. The summed E-state index contributed by atoms with van der Waals surface area (Å²) in [6, 6.07) is -5.61. The molecule has 4 amide bonds. The lowest BCUT2D eigenvalue weighted by Crippen LogP contribution is -2.58. The van der Waals surface area contributed by atoms with Crippen molar-refractivity contribution in [3.05, 3.63) is 0 Å². The van der Waals surface area contributed by atoms with Crippen molar-refractivity contribution in [2.24, 2.45) is 11.5 Å². The number of carbonyl (C=O) groups is 6. The molecular weight excluding hydrogens is 450 g/mol. The van der Waals surface area contributed by atoms with Gasteiger partial charge in [-0.25, -0.2) is 4.79 Å². The Morgan fingerprint density at radius 2 is 1.41 bits per heavy atom. The van der Waals surface area contributed by atoms with E-state index in [0.29, 0.717) is 5.75 Å². The molecule has 0 aliphatic heterocycles. The molecule has 0 fully saturated rings. The molecule has 0 aromatic rings. The van der Waals surface area contributed by atoms with Gasteiger partial charge in [-0.05, 0) is 24.9 Å². The molecule has 182 valence electrons. The highest BCUT2D eigenvalue weighted by atomic mass is 32.2. The number of nitrogens with two attached hydrogens (primary N) is 2. The Balaban J connectivity index is 5.36. The smallest absolute Gasteiger partial charge is 0.328 e. The Hall–Kier alpha value is -2.91. The van der Waals surface area contributed by atoms with Gasteiger partial charge < -0.3 is 42.7 Å². The van der Waals surface area contributed by atoms with Gasteiger partial charge in [0.2, 0.25) is 23.6 Å². The van der Waals surface area contributed by atoms with E-state index in [2.05, 4.69) is 16.0 Å². The zero-order chi connectivity index (χ0) is 24.8. The number of thioether (sulfide) groups is 1. The molecule has 0 rings (SSSR count). The van der Waals surface area contributed by atoms with Crippen LogP contribution in [0, 0.1) is 0 Å². The molecule has 0 aromatic carbocycles. The van der Waals surface area contributed by atoms with E-state index in [1.165, 1.54) is 11.8 Å². The minimum Gasteiger partial charge on any atom is -0.481 e. The zero-order valence-electron chi connectivity index (χ0n) is 17.4. The molecule has 4 unspecified atom stereocenters. The van der Waals surface area contributed by atoms with Gasteiger partial charge >= 0.3 is 11.9 Å². The lowest BCUT2D eigenvalue weighted by molar-refractivity contribution is -0.143. The molecule has 0 radical (unpaired) electrons. The molecule has 15 heteroatoms. The van der Waals surface area contributed by atoms with Gasteiger partial charge in [0, 0.05) is 6.42 Å². The lowest BCUT2D eigenvalue weighted by atomic mass is 10.1. The Kier molecular flexibility index (Phi) is 13.6. The second-order valence-corrected chi connectivity index (χ2v) is 7.68. The van der Waals surface area contributed by atoms with Gasteiger partial charge in [0.15, 0.2) is 0 Å². The maximum absolute atomic E-state index is 12.6. The Labute approximate surface area is 187 Å². The summed E-state index contributed by atoms with van der Waals surface area (Å²) >= 11 is 1.34. The molecule has 0 heterocycles. The van der Waals surface area contributed by atoms with Gasteiger partial charge in [-0.2, -0.15) is 11.8 Å². The first kappa shape index (κ1) is 29.1. The topological polar surface area (TPSA) is 251 Å². The van der Waals surface area contributed by atoms with E-state index in [0.717, 1.165) is 0 Å². The minimum absolute atomic E-state index is 0.0753. The molecule has 0 aliphatic carbocycles. The summed E-state index contributed by atoms with van der Waals surface area (Å²) in [5.74, 6) is -5.96. The van der Waals surface area contributed by atoms with Crippen LogP contribution in [0.3, 0.4) is 0 Å². The molecule has 32 heavy (non-hydrogen) atoms. The van der Waals surface area contributed by atoms with Crippen LogP contribution in [0.15, 0.2) is 0 Å². The van der Waals surface area contributed by atoms with E-state index in [4.69, 9.17) is 26.8 Å². The molecule has 14 nitrogen and oxygen atoms in total. The van der Waals surface area contributed by atoms with Crippen molar-refractivity contribution in [1.29, 1.82) is 0 Å². The van der Waals surface area contributed by atoms with Gasteiger partial charge in [-0.3, -0.25) is 24.0 Å². The molecule has 4 atom stereocenters. The molecule has 0 aliphatic rings. The van der Waals surface area contributed by atoms with Gasteiger partial charge in [-0.1, -0.05) is 0 Å². The van der Waals surface area contributed by atoms with Crippen LogP contribution in [-0.4, -0.2) is 93.7 Å². The SMILES string of the molecule is CSCCC(NC(=O)C(CC(N)=O)NC(=O)C(N)CCC(=O)O)C(=O)NC(CO)C(=O)O. The van der Waals surface area contributed by atoms with Crippen molar-refractivity contribution in [2.45, 2.75) is 49.9 Å². The number of hydrogen-bond donors (Lipinski definition) is 8. The monoisotopic (exact) mass is 479 g/mol. The van der Waals surface area contributed by atoms with Crippen LogP contribution in [0.2, 0.25) is 0 Å². The predicted octanol–water partition coefficient (Wildman–Crippen LogP) is -3.66. The molecule has 0 saturated carbocycles. The second-order valence-electron chi connectivity index (χ2n) is 6.70. The third-order valence-corrected chi connectivity index (χ3v) is 4.73. The number of hydrogen-bond acceptors (Lipinski definition) is 9. The van der Waals surface area contributed by atoms with Crippen molar-refractivity contribution in [3.8, 4) is 0 Å². The number of carbonyl (C=O) groups excluding carboxylic acids is 4. The molecule has 0 spiro atoms. The molecule has 10 N–H and O–H groups in total. The molecular formula is C17H29N5O9S. The maximum Gasteiger partial charge on any atom is 0.328 e. The van der Waals surface area contributed by atoms with Gasteiger partial charge in [0.1, 0.15) is 18.1 Å². The van der Waals surface area contributed by atoms with Crippen LogP contribution in [0.4, 0.5) is 0 Å². The van der Waals surface area contributed by atoms with E-state index in [1.54, 1.807) is 6.26 Å². The summed E-state index contributed by atoms with van der Waals surface area (Å²) in [6.45, 7) is -0.876. The lowest BCUT2D eigenvalue weighted by Gasteiger charge is -2.24. The minimum atomic E-state index is -1.59. The second kappa shape index (κ2) is 15.0. The fourth-order valence-corrected chi connectivity index (χ4v) is 2.81. The van der Waals surface area contributed by atoms with Gasteiger partial charge in [-0.15, -0.1) is 0 Å². The van der Waals surface area contributed by atoms with Crippen LogP contribution < -0.4 is 27.4 Å². The summed E-state index contributed by atoms with van der Waals surface area (Å²) in [5.41, 5.74) is 10.7. The average molecular weight is 480 g/mol. The molecule has 0 aromatic heterocycles. The van der Waals surface area contributed by atoms with Crippen molar-refractivity contribution in [1.82, 2.24) is 16.0 Å². The number of carboxylic acids is 2. The molecule has 0 saturated heterocycles. The largest absolute Gasteiger partial charge is 0.481 e. The van der Waals surface area contributed by atoms with Crippen LogP contribution >= 0.6 is 11.8 Å². The van der Waals surface area contributed by atoms with Crippen molar-refractivity contribution < 1.29 is 44.1 Å². The summed E-state index contributed by atoms with van der Waals surface area (Å²) in [4.78, 5) is 70.2. The standard InChI is InChI=1S/C17H29N5O9S/c1-32-5-4-9(15(28)22-11(7-23)17(30)31)20-16(29)10(6-12(19)24)21-14(27)8(18)2-3-13(25)26/h8-11,23H,2-7,18H2,1H3,(H2,19,24)(H,20,29)(H,21,27)(H,22,28)(H,25,26)(H,30,31). The van der Waals surface area contributed by atoms with Crippen LogP contribution in [0.1, 0.15) is 25.7 Å². The number of rotatable bonds is 16. The Bertz CT molecular complexity index is 706. The van der Waals surface area contributed by atoms with Crippen molar-refractivity contribution in [2.75, 3.05) is 18.6 Å². The van der Waals surface area contributed by atoms with E-state index >= 15 is 0 Å². The van der Waals surface area contributed by atoms with Crippen LogP contribution in [-0.2, 0) is 28.8 Å². The maximum atomic E-state index is 12.6. The van der Waals surface area contributed by atoms with E-state index in [9.17, 15) is 28.8 Å². The normalized spacial score (nSPS) is 14.3. The van der Waals surface area contributed by atoms with E-state index in [-0.39, 0.29) is 12.8 Å². The van der Waals surface area contributed by atoms with Gasteiger partial charge in [0.05, 0.1) is 19.1 Å². The number of nitrogens with one attached hydrogen (secondary N) is 3.